The fourth-order valence-corrected chi connectivity index (χ4v) is 5.00. The Labute approximate surface area is 222 Å². The fourth-order valence-electron chi connectivity index (χ4n) is 5.00. The number of carbonyl (C=O) groups is 1. The molecule has 0 spiro atoms. The molecule has 1 unspecified atom stereocenters. The van der Waals surface area contributed by atoms with Crippen molar-refractivity contribution in [1.29, 1.82) is 0 Å². The highest BCUT2D eigenvalue weighted by molar-refractivity contribution is 5.77. The molecule has 1 aliphatic heterocycles. The quantitative estimate of drug-likeness (QED) is 0.400. The van der Waals surface area contributed by atoms with E-state index in [1.54, 1.807) is 10.7 Å². The van der Waals surface area contributed by atoms with Crippen LogP contribution in [0.4, 0.5) is 13.2 Å². The van der Waals surface area contributed by atoms with Gasteiger partial charge >= 0.3 is 6.18 Å². The fraction of sp³-hybridized carbons (Fsp3) is 0.357. The third kappa shape index (κ3) is 5.58. The Morgan fingerprint density at radius 2 is 1.74 bits per heavy atom. The maximum Gasteiger partial charge on any atom is 0.396 e. The van der Waals surface area contributed by atoms with Crippen molar-refractivity contribution in [2.24, 2.45) is 0 Å². The molecule has 0 aliphatic carbocycles. The summed E-state index contributed by atoms with van der Waals surface area (Å²) >= 11 is 0. The largest absolute Gasteiger partial charge is 0.396 e. The highest BCUT2D eigenvalue weighted by atomic mass is 19.4. The van der Waals surface area contributed by atoms with E-state index in [9.17, 15) is 27.9 Å². The maximum absolute atomic E-state index is 13.7. The Kier molecular flexibility index (Phi) is 7.02. The number of aromatic nitrogens is 4. The Balaban J connectivity index is 1.26. The first-order valence-electron chi connectivity index (χ1n) is 12.7. The van der Waals surface area contributed by atoms with Gasteiger partial charge in [0.25, 0.3) is 5.56 Å². The second-order valence-electron chi connectivity index (χ2n) is 10.1. The van der Waals surface area contributed by atoms with E-state index in [4.69, 9.17) is 0 Å². The average Bonchev–Trinajstić information content (AvgIpc) is 3.34. The molecule has 2 aromatic heterocycles. The number of nitrogens with zero attached hydrogens (tertiary/aromatic N) is 5. The second kappa shape index (κ2) is 10.3. The summed E-state index contributed by atoms with van der Waals surface area (Å²) in [7, 11) is 0. The topological polar surface area (TPSA) is 93.2 Å². The predicted octanol–water partition coefficient (Wildman–Crippen LogP) is 3.98. The van der Waals surface area contributed by atoms with Crippen molar-refractivity contribution in [3.63, 3.8) is 0 Å². The van der Waals surface area contributed by atoms with Crippen molar-refractivity contribution < 1.29 is 23.1 Å². The van der Waals surface area contributed by atoms with E-state index in [0.29, 0.717) is 11.0 Å². The molecular weight excluding hydrogens is 511 g/mol. The summed E-state index contributed by atoms with van der Waals surface area (Å²) < 4.78 is 44.0. The second-order valence-corrected chi connectivity index (χ2v) is 10.1. The first kappa shape index (κ1) is 26.6. The van der Waals surface area contributed by atoms with Crippen molar-refractivity contribution >= 4 is 16.9 Å². The summed E-state index contributed by atoms with van der Waals surface area (Å²) in [6.07, 6.45) is -2.22. The van der Waals surface area contributed by atoms with Gasteiger partial charge in [0.05, 0.1) is 29.9 Å². The Morgan fingerprint density at radius 3 is 2.38 bits per heavy atom. The molecule has 1 atom stereocenters. The van der Waals surface area contributed by atoms with E-state index in [0.717, 1.165) is 11.3 Å². The molecule has 39 heavy (non-hydrogen) atoms. The van der Waals surface area contributed by atoms with E-state index < -0.39 is 30.0 Å². The molecule has 204 valence electrons. The molecule has 4 aromatic rings. The summed E-state index contributed by atoms with van der Waals surface area (Å²) in [6.45, 7) is 2.09. The lowest BCUT2D eigenvalue weighted by molar-refractivity contribution is -0.162. The van der Waals surface area contributed by atoms with Gasteiger partial charge in [-0.1, -0.05) is 48.0 Å². The van der Waals surface area contributed by atoms with Gasteiger partial charge < -0.3 is 10.0 Å². The molecule has 2 aromatic carbocycles. The number of rotatable bonds is 6. The Bertz CT molecular complexity index is 1520. The highest BCUT2D eigenvalue weighted by Gasteiger charge is 2.43. The summed E-state index contributed by atoms with van der Waals surface area (Å²) in [6, 6.07) is 15.0. The number of alkyl halides is 3. The van der Waals surface area contributed by atoms with Crippen LogP contribution in [-0.2, 0) is 11.3 Å². The van der Waals surface area contributed by atoms with Crippen LogP contribution in [0, 0.1) is 6.92 Å². The van der Waals surface area contributed by atoms with Crippen molar-refractivity contribution in [2.75, 3.05) is 13.1 Å². The Morgan fingerprint density at radius 1 is 1.08 bits per heavy atom. The van der Waals surface area contributed by atoms with Crippen LogP contribution in [0.15, 0.2) is 71.9 Å². The summed E-state index contributed by atoms with van der Waals surface area (Å²) in [5.41, 5.74) is 0.608. The molecule has 5 rings (SSSR count). The van der Waals surface area contributed by atoms with Gasteiger partial charge in [-0.2, -0.15) is 18.3 Å². The lowest BCUT2D eigenvalue weighted by atomic mass is 9.90. The van der Waals surface area contributed by atoms with Crippen molar-refractivity contribution in [2.45, 2.75) is 50.4 Å². The Hall–Kier alpha value is -3.99. The van der Waals surface area contributed by atoms with Crippen LogP contribution in [0.3, 0.4) is 0 Å². The standard InChI is InChI=1S/C28H28F3N5O3/c1-19-7-9-21(10-8-19)36-25-22(16-33-36)26(38)35(18-32-25)17-27(39)11-13-34(14-12-27)24(37)15-23(28(29,30)31)20-5-3-2-4-6-20/h2-10,16,18,23,39H,11-15,17H2,1H3. The minimum absolute atomic E-state index is 0.0415. The number of aliphatic hydroxyl groups is 1. The molecular formula is C28H28F3N5O3. The molecule has 0 saturated carbocycles. The van der Waals surface area contributed by atoms with Crippen LogP contribution < -0.4 is 5.56 Å². The van der Waals surface area contributed by atoms with Crippen LogP contribution in [0.25, 0.3) is 16.7 Å². The van der Waals surface area contributed by atoms with E-state index in [2.05, 4.69) is 10.1 Å². The van der Waals surface area contributed by atoms with Gasteiger partial charge in [0.2, 0.25) is 5.91 Å². The van der Waals surface area contributed by atoms with Crippen LogP contribution in [-0.4, -0.2) is 60.1 Å². The number of hydrogen-bond acceptors (Lipinski definition) is 5. The molecule has 1 fully saturated rings. The van der Waals surface area contributed by atoms with Crippen LogP contribution >= 0.6 is 0 Å². The lowest BCUT2D eigenvalue weighted by Crippen LogP contribution is -2.50. The number of piperidine rings is 1. The zero-order valence-electron chi connectivity index (χ0n) is 21.3. The van der Waals surface area contributed by atoms with Gasteiger partial charge in [0.1, 0.15) is 11.7 Å². The summed E-state index contributed by atoms with van der Waals surface area (Å²) in [4.78, 5) is 31.7. The monoisotopic (exact) mass is 539 g/mol. The number of hydrogen-bond donors (Lipinski definition) is 1. The summed E-state index contributed by atoms with van der Waals surface area (Å²) in [5, 5.41) is 15.8. The van der Waals surface area contributed by atoms with Crippen molar-refractivity contribution in [3.05, 3.63) is 88.6 Å². The third-order valence-corrected chi connectivity index (χ3v) is 7.32. The number of fused-ring (bicyclic) bond motifs is 1. The average molecular weight is 540 g/mol. The predicted molar refractivity (Wildman–Crippen MR) is 138 cm³/mol. The normalized spacial score (nSPS) is 16.4. The minimum atomic E-state index is -4.56. The van der Waals surface area contributed by atoms with Crippen molar-refractivity contribution in [1.82, 2.24) is 24.2 Å². The zero-order valence-corrected chi connectivity index (χ0v) is 21.3. The lowest BCUT2D eigenvalue weighted by Gasteiger charge is -2.39. The minimum Gasteiger partial charge on any atom is -0.388 e. The van der Waals surface area contributed by atoms with E-state index in [1.165, 1.54) is 46.3 Å². The molecule has 0 radical (unpaired) electrons. The number of amides is 1. The van der Waals surface area contributed by atoms with Gasteiger partial charge in [-0.05, 0) is 37.5 Å². The SMILES string of the molecule is Cc1ccc(-n2ncc3c(=O)n(CC4(O)CCN(C(=O)CC(c5ccccc5)C(F)(F)F)CC4)cnc32)cc1. The number of aryl methyl sites for hydroxylation is 1. The molecule has 0 bridgehead atoms. The van der Waals surface area contributed by atoms with Gasteiger partial charge in [0, 0.05) is 19.5 Å². The third-order valence-electron chi connectivity index (χ3n) is 7.32. The molecule has 1 N–H and O–H groups in total. The first-order valence-corrected chi connectivity index (χ1v) is 12.7. The number of benzene rings is 2. The number of carbonyl (C=O) groups excluding carboxylic acids is 1. The molecule has 8 nitrogen and oxygen atoms in total. The van der Waals surface area contributed by atoms with Gasteiger partial charge in [-0.25, -0.2) is 9.67 Å². The maximum atomic E-state index is 13.7. The van der Waals surface area contributed by atoms with E-state index in [-0.39, 0.29) is 43.6 Å². The van der Waals surface area contributed by atoms with Crippen LogP contribution in [0.2, 0.25) is 0 Å². The number of likely N-dealkylation sites (tertiary alicyclic amines) is 1. The highest BCUT2D eigenvalue weighted by Crippen LogP contribution is 2.38. The molecule has 1 amide bonds. The number of halogens is 3. The molecule has 1 aliphatic rings. The van der Waals surface area contributed by atoms with Gasteiger partial charge in [0.15, 0.2) is 5.65 Å². The van der Waals surface area contributed by atoms with Crippen LogP contribution in [0.5, 0.6) is 0 Å². The first-order chi connectivity index (χ1) is 18.5. The molecule has 3 heterocycles. The van der Waals surface area contributed by atoms with Crippen molar-refractivity contribution in [3.8, 4) is 5.69 Å². The van der Waals surface area contributed by atoms with Gasteiger partial charge in [-0.3, -0.25) is 14.2 Å². The molecule has 1 saturated heterocycles. The zero-order chi connectivity index (χ0) is 27.8. The van der Waals surface area contributed by atoms with E-state index >= 15 is 0 Å². The van der Waals surface area contributed by atoms with Crippen LogP contribution in [0.1, 0.15) is 36.3 Å². The van der Waals surface area contributed by atoms with E-state index in [1.807, 2.05) is 31.2 Å². The molecule has 11 heteroatoms. The smallest absolute Gasteiger partial charge is 0.388 e. The van der Waals surface area contributed by atoms with Gasteiger partial charge in [-0.15, -0.1) is 0 Å². The summed E-state index contributed by atoms with van der Waals surface area (Å²) in [5.74, 6) is -2.52.